The minimum absolute atomic E-state index is 0.00552. The van der Waals surface area contributed by atoms with E-state index in [-0.39, 0.29) is 23.3 Å². The summed E-state index contributed by atoms with van der Waals surface area (Å²) in [6.45, 7) is 2.65. The lowest BCUT2D eigenvalue weighted by Crippen LogP contribution is -2.30. The van der Waals surface area contributed by atoms with Gasteiger partial charge in [-0.15, -0.1) is 0 Å². The van der Waals surface area contributed by atoms with Gasteiger partial charge in [-0.3, -0.25) is 14.4 Å². The Kier molecular flexibility index (Phi) is 8.07. The standard InChI is InChI=1S/C24H26N6O3/c1-16(31)26-11-6-12-27-24(33)21-22(25)28-15-20(30-21)18-9-5-10-19(13-18)23(32)29-14-17-7-3-2-4-8-17/h2-5,7-10,13,15H,6,11-12,14H2,1H3,(H2,25,28)(H,26,31)(H,27,33)(H,29,32). The average molecular weight is 447 g/mol. The molecular formula is C24H26N6O3. The van der Waals surface area contributed by atoms with Crippen LogP contribution in [0.15, 0.2) is 60.8 Å². The maximum absolute atomic E-state index is 12.6. The Balaban J connectivity index is 1.67. The molecule has 0 unspecified atom stereocenters. The van der Waals surface area contributed by atoms with Crippen LogP contribution in [-0.4, -0.2) is 40.8 Å². The zero-order valence-electron chi connectivity index (χ0n) is 18.3. The van der Waals surface area contributed by atoms with Crippen molar-refractivity contribution in [3.63, 3.8) is 0 Å². The lowest BCUT2D eigenvalue weighted by molar-refractivity contribution is -0.118. The molecule has 0 saturated heterocycles. The number of amides is 3. The molecule has 3 aromatic rings. The summed E-state index contributed by atoms with van der Waals surface area (Å²) < 4.78 is 0. The number of anilines is 1. The van der Waals surface area contributed by atoms with E-state index in [4.69, 9.17) is 5.73 Å². The molecule has 0 spiro atoms. The van der Waals surface area contributed by atoms with E-state index in [9.17, 15) is 14.4 Å². The number of benzene rings is 2. The normalized spacial score (nSPS) is 10.3. The Morgan fingerprint density at radius 2 is 1.67 bits per heavy atom. The highest BCUT2D eigenvalue weighted by molar-refractivity contribution is 5.97. The molecular weight excluding hydrogens is 420 g/mol. The summed E-state index contributed by atoms with van der Waals surface area (Å²) >= 11 is 0. The van der Waals surface area contributed by atoms with E-state index in [0.717, 1.165) is 5.56 Å². The van der Waals surface area contributed by atoms with Gasteiger partial charge in [-0.05, 0) is 24.1 Å². The summed E-state index contributed by atoms with van der Waals surface area (Å²) in [5.74, 6) is -0.794. The van der Waals surface area contributed by atoms with Crippen molar-refractivity contribution in [2.24, 2.45) is 0 Å². The molecule has 3 amide bonds. The zero-order valence-corrected chi connectivity index (χ0v) is 18.3. The third kappa shape index (κ3) is 6.86. The summed E-state index contributed by atoms with van der Waals surface area (Å²) in [4.78, 5) is 44.4. The average Bonchev–Trinajstić information content (AvgIpc) is 2.83. The summed E-state index contributed by atoms with van der Waals surface area (Å²) in [7, 11) is 0. The van der Waals surface area contributed by atoms with Crippen molar-refractivity contribution < 1.29 is 14.4 Å². The predicted octanol–water partition coefficient (Wildman–Crippen LogP) is 1.91. The maximum atomic E-state index is 12.6. The smallest absolute Gasteiger partial charge is 0.273 e. The second-order valence-electron chi connectivity index (χ2n) is 7.33. The third-order valence-corrected chi connectivity index (χ3v) is 4.75. The van der Waals surface area contributed by atoms with Crippen molar-refractivity contribution in [3.05, 3.63) is 77.6 Å². The number of nitrogens with two attached hydrogens (primary N) is 1. The SMILES string of the molecule is CC(=O)NCCCNC(=O)c1nc(-c2cccc(C(=O)NCc3ccccc3)c2)cnc1N. The first-order valence-corrected chi connectivity index (χ1v) is 10.5. The number of aromatic nitrogens is 2. The van der Waals surface area contributed by atoms with E-state index in [1.807, 2.05) is 30.3 Å². The van der Waals surface area contributed by atoms with Gasteiger partial charge in [0.2, 0.25) is 5.91 Å². The van der Waals surface area contributed by atoms with E-state index in [1.165, 1.54) is 13.1 Å². The van der Waals surface area contributed by atoms with Gasteiger partial charge in [-0.2, -0.15) is 0 Å². The maximum Gasteiger partial charge on any atom is 0.273 e. The number of hydrogen-bond acceptors (Lipinski definition) is 6. The number of rotatable bonds is 9. The predicted molar refractivity (Wildman–Crippen MR) is 125 cm³/mol. The number of carbonyl (C=O) groups excluding carboxylic acids is 3. The number of nitrogens with one attached hydrogen (secondary N) is 3. The summed E-state index contributed by atoms with van der Waals surface area (Å²) in [6, 6.07) is 16.5. The first-order valence-electron chi connectivity index (χ1n) is 10.5. The molecule has 33 heavy (non-hydrogen) atoms. The number of nitrogen functional groups attached to an aromatic ring is 1. The Hall–Kier alpha value is -4.27. The number of nitrogens with zero attached hydrogens (tertiary/aromatic N) is 2. The molecule has 0 atom stereocenters. The molecule has 5 N–H and O–H groups in total. The van der Waals surface area contributed by atoms with Gasteiger partial charge in [0, 0.05) is 37.7 Å². The molecule has 9 nitrogen and oxygen atoms in total. The molecule has 0 saturated carbocycles. The lowest BCUT2D eigenvalue weighted by Gasteiger charge is -2.10. The van der Waals surface area contributed by atoms with Crippen molar-refractivity contribution in [2.75, 3.05) is 18.8 Å². The molecule has 0 aliphatic carbocycles. The molecule has 1 aromatic heterocycles. The van der Waals surface area contributed by atoms with Gasteiger partial charge in [0.25, 0.3) is 11.8 Å². The molecule has 1 heterocycles. The largest absolute Gasteiger partial charge is 0.382 e. The minimum atomic E-state index is -0.457. The van der Waals surface area contributed by atoms with E-state index < -0.39 is 5.91 Å². The second kappa shape index (κ2) is 11.4. The molecule has 0 radical (unpaired) electrons. The van der Waals surface area contributed by atoms with Gasteiger partial charge >= 0.3 is 0 Å². The van der Waals surface area contributed by atoms with Gasteiger partial charge in [0.1, 0.15) is 0 Å². The molecule has 0 aliphatic rings. The number of hydrogen-bond donors (Lipinski definition) is 4. The molecule has 170 valence electrons. The van der Waals surface area contributed by atoms with E-state index in [2.05, 4.69) is 25.9 Å². The Morgan fingerprint density at radius 3 is 2.42 bits per heavy atom. The summed E-state index contributed by atoms with van der Waals surface area (Å²) in [6.07, 6.45) is 2.03. The number of carbonyl (C=O) groups is 3. The van der Waals surface area contributed by atoms with Crippen LogP contribution in [0.4, 0.5) is 5.82 Å². The first kappa shape index (κ1) is 23.4. The fourth-order valence-corrected chi connectivity index (χ4v) is 3.04. The van der Waals surface area contributed by atoms with Crippen molar-refractivity contribution in [2.45, 2.75) is 19.9 Å². The van der Waals surface area contributed by atoms with Crippen LogP contribution in [0.25, 0.3) is 11.3 Å². The molecule has 0 bridgehead atoms. The summed E-state index contributed by atoms with van der Waals surface area (Å²) in [5.41, 5.74) is 8.38. The summed E-state index contributed by atoms with van der Waals surface area (Å²) in [5, 5.41) is 8.26. The van der Waals surface area contributed by atoms with Crippen LogP contribution >= 0.6 is 0 Å². The first-order chi connectivity index (χ1) is 15.9. The van der Waals surface area contributed by atoms with Gasteiger partial charge in [0.15, 0.2) is 11.5 Å². The fraction of sp³-hybridized carbons (Fsp3) is 0.208. The Bertz CT molecular complexity index is 1130. The molecule has 9 heteroatoms. The molecule has 0 aliphatic heterocycles. The monoisotopic (exact) mass is 446 g/mol. The highest BCUT2D eigenvalue weighted by Gasteiger charge is 2.15. The van der Waals surface area contributed by atoms with Crippen LogP contribution in [-0.2, 0) is 11.3 Å². The van der Waals surface area contributed by atoms with E-state index in [1.54, 1.807) is 24.3 Å². The fourth-order valence-electron chi connectivity index (χ4n) is 3.04. The van der Waals surface area contributed by atoms with Crippen molar-refractivity contribution in [3.8, 4) is 11.3 Å². The molecule has 0 fully saturated rings. The topological polar surface area (TPSA) is 139 Å². The molecule has 2 aromatic carbocycles. The van der Waals surface area contributed by atoms with Crippen molar-refractivity contribution in [1.29, 1.82) is 0 Å². The highest BCUT2D eigenvalue weighted by Crippen LogP contribution is 2.20. The van der Waals surface area contributed by atoms with E-state index >= 15 is 0 Å². The third-order valence-electron chi connectivity index (χ3n) is 4.75. The minimum Gasteiger partial charge on any atom is -0.382 e. The zero-order chi connectivity index (χ0) is 23.6. The van der Waals surface area contributed by atoms with E-state index in [0.29, 0.717) is 42.9 Å². The van der Waals surface area contributed by atoms with Gasteiger partial charge in [0.05, 0.1) is 11.9 Å². The van der Waals surface area contributed by atoms with Crippen LogP contribution in [0.3, 0.4) is 0 Å². The van der Waals surface area contributed by atoms with Crippen LogP contribution in [0.5, 0.6) is 0 Å². The second-order valence-corrected chi connectivity index (χ2v) is 7.33. The molecule has 3 rings (SSSR count). The Morgan fingerprint density at radius 1 is 0.909 bits per heavy atom. The lowest BCUT2D eigenvalue weighted by atomic mass is 10.1. The highest BCUT2D eigenvalue weighted by atomic mass is 16.2. The van der Waals surface area contributed by atoms with Crippen LogP contribution in [0.2, 0.25) is 0 Å². The van der Waals surface area contributed by atoms with Gasteiger partial charge < -0.3 is 21.7 Å². The van der Waals surface area contributed by atoms with Crippen LogP contribution in [0, 0.1) is 0 Å². The van der Waals surface area contributed by atoms with Gasteiger partial charge in [-0.1, -0.05) is 42.5 Å². The Labute approximate surface area is 191 Å². The van der Waals surface area contributed by atoms with Crippen molar-refractivity contribution >= 4 is 23.5 Å². The van der Waals surface area contributed by atoms with Crippen molar-refractivity contribution in [1.82, 2.24) is 25.9 Å². The van der Waals surface area contributed by atoms with Crippen LogP contribution < -0.4 is 21.7 Å². The van der Waals surface area contributed by atoms with Gasteiger partial charge in [-0.25, -0.2) is 9.97 Å². The van der Waals surface area contributed by atoms with Crippen LogP contribution in [0.1, 0.15) is 39.8 Å². The quantitative estimate of drug-likeness (QED) is 0.370.